The molecule has 2 rings (SSSR count). The highest BCUT2D eigenvalue weighted by Crippen LogP contribution is 2.50. The summed E-state index contributed by atoms with van der Waals surface area (Å²) >= 11 is 0. The van der Waals surface area contributed by atoms with Gasteiger partial charge in [0.05, 0.1) is 6.10 Å². The van der Waals surface area contributed by atoms with Crippen molar-refractivity contribution >= 4 is 5.91 Å². The fraction of sp³-hybridized carbons (Fsp3) is 0.923. The first kappa shape index (κ1) is 13.7. The van der Waals surface area contributed by atoms with Crippen molar-refractivity contribution in [3.8, 4) is 0 Å². The van der Waals surface area contributed by atoms with E-state index in [2.05, 4.69) is 5.32 Å². The van der Waals surface area contributed by atoms with Crippen molar-refractivity contribution in [2.75, 3.05) is 13.2 Å². The molecule has 1 atom stereocenters. The normalized spacial score (nSPS) is 26.2. The van der Waals surface area contributed by atoms with Crippen molar-refractivity contribution in [2.45, 2.75) is 57.0 Å². The van der Waals surface area contributed by atoms with E-state index in [1.165, 1.54) is 12.8 Å². The minimum Gasteiger partial charge on any atom is -0.378 e. The maximum atomic E-state index is 12.6. The van der Waals surface area contributed by atoms with Crippen molar-refractivity contribution in [3.63, 3.8) is 0 Å². The van der Waals surface area contributed by atoms with Crippen LogP contribution in [0.3, 0.4) is 0 Å². The van der Waals surface area contributed by atoms with Gasteiger partial charge in [-0.05, 0) is 19.3 Å². The van der Waals surface area contributed by atoms with E-state index in [-0.39, 0.29) is 18.7 Å². The summed E-state index contributed by atoms with van der Waals surface area (Å²) in [4.78, 5) is 11.3. The van der Waals surface area contributed by atoms with Gasteiger partial charge in [0.2, 0.25) is 5.91 Å². The maximum Gasteiger partial charge on any atom is 0.252 e. The Morgan fingerprint density at radius 3 is 2.61 bits per heavy atom. The van der Waals surface area contributed by atoms with Crippen LogP contribution in [0.2, 0.25) is 0 Å². The standard InChI is InChI=1S/C13H21F2NO2/c14-13(15)9-10(13)8-12(17)16-6-3-7-18-11-4-1-2-5-11/h10-11H,1-9H2,(H,16,17)/t10-/m0/s1. The second-order valence-electron chi connectivity index (χ2n) is 5.35. The first-order valence-corrected chi connectivity index (χ1v) is 6.84. The van der Waals surface area contributed by atoms with E-state index >= 15 is 0 Å². The Labute approximate surface area is 106 Å². The Kier molecular flexibility index (Phi) is 4.54. The molecule has 3 nitrogen and oxygen atoms in total. The van der Waals surface area contributed by atoms with E-state index in [1.807, 2.05) is 0 Å². The number of rotatable bonds is 7. The van der Waals surface area contributed by atoms with Crippen LogP contribution in [0.5, 0.6) is 0 Å². The molecule has 0 heterocycles. The average Bonchev–Trinajstić information content (AvgIpc) is 2.75. The molecular formula is C13H21F2NO2. The highest BCUT2D eigenvalue weighted by molar-refractivity contribution is 5.76. The lowest BCUT2D eigenvalue weighted by atomic mass is 10.2. The third-order valence-electron chi connectivity index (χ3n) is 3.69. The molecule has 0 aromatic heterocycles. The number of carbonyl (C=O) groups excluding carboxylic acids is 1. The van der Waals surface area contributed by atoms with Crippen LogP contribution in [-0.4, -0.2) is 31.1 Å². The topological polar surface area (TPSA) is 38.3 Å². The number of alkyl halides is 2. The van der Waals surface area contributed by atoms with Gasteiger partial charge < -0.3 is 10.1 Å². The van der Waals surface area contributed by atoms with Crippen LogP contribution in [0, 0.1) is 5.92 Å². The first-order valence-electron chi connectivity index (χ1n) is 6.84. The van der Waals surface area contributed by atoms with Gasteiger partial charge in [-0.1, -0.05) is 12.8 Å². The zero-order valence-electron chi connectivity index (χ0n) is 10.6. The number of halogens is 2. The number of hydrogen-bond acceptors (Lipinski definition) is 2. The first-order chi connectivity index (χ1) is 8.58. The summed E-state index contributed by atoms with van der Waals surface area (Å²) in [6.45, 7) is 1.16. The molecular weight excluding hydrogens is 240 g/mol. The van der Waals surface area contributed by atoms with Crippen LogP contribution in [0.1, 0.15) is 44.9 Å². The van der Waals surface area contributed by atoms with E-state index in [0.717, 1.165) is 19.3 Å². The van der Waals surface area contributed by atoms with Crippen molar-refractivity contribution in [2.24, 2.45) is 5.92 Å². The van der Waals surface area contributed by atoms with E-state index < -0.39 is 11.8 Å². The van der Waals surface area contributed by atoms with Crippen LogP contribution in [0.15, 0.2) is 0 Å². The second-order valence-corrected chi connectivity index (χ2v) is 5.35. The minimum atomic E-state index is -2.59. The summed E-state index contributed by atoms with van der Waals surface area (Å²) in [5.41, 5.74) is 0. The van der Waals surface area contributed by atoms with Crippen molar-refractivity contribution in [1.82, 2.24) is 5.32 Å². The number of hydrogen-bond donors (Lipinski definition) is 1. The van der Waals surface area contributed by atoms with Gasteiger partial charge in [0.1, 0.15) is 0 Å². The Hall–Kier alpha value is -0.710. The molecule has 0 aliphatic heterocycles. The van der Waals surface area contributed by atoms with Gasteiger partial charge >= 0.3 is 0 Å². The molecule has 0 saturated heterocycles. The molecule has 1 N–H and O–H groups in total. The third-order valence-corrected chi connectivity index (χ3v) is 3.69. The average molecular weight is 261 g/mol. The van der Waals surface area contributed by atoms with Crippen molar-refractivity contribution < 1.29 is 18.3 Å². The van der Waals surface area contributed by atoms with E-state index in [4.69, 9.17) is 4.74 Å². The summed E-state index contributed by atoms with van der Waals surface area (Å²) in [6.07, 6.45) is 5.75. The van der Waals surface area contributed by atoms with E-state index in [9.17, 15) is 13.6 Å². The molecule has 1 amide bonds. The predicted molar refractivity (Wildman–Crippen MR) is 63.5 cm³/mol. The van der Waals surface area contributed by atoms with E-state index in [1.54, 1.807) is 0 Å². The molecule has 0 radical (unpaired) electrons. The largest absolute Gasteiger partial charge is 0.378 e. The summed E-state index contributed by atoms with van der Waals surface area (Å²) in [6, 6.07) is 0. The lowest BCUT2D eigenvalue weighted by Crippen LogP contribution is -2.26. The molecule has 2 saturated carbocycles. The molecule has 18 heavy (non-hydrogen) atoms. The van der Waals surface area contributed by atoms with Crippen LogP contribution in [-0.2, 0) is 9.53 Å². The molecule has 5 heteroatoms. The van der Waals surface area contributed by atoms with Gasteiger partial charge in [-0.2, -0.15) is 0 Å². The molecule has 2 fully saturated rings. The molecule has 0 aromatic rings. The van der Waals surface area contributed by atoms with Crippen molar-refractivity contribution in [1.29, 1.82) is 0 Å². The number of nitrogens with one attached hydrogen (secondary N) is 1. The third kappa shape index (κ3) is 4.19. The Balaban J connectivity index is 1.44. The smallest absolute Gasteiger partial charge is 0.252 e. The zero-order chi connectivity index (χ0) is 13.0. The van der Waals surface area contributed by atoms with Crippen molar-refractivity contribution in [3.05, 3.63) is 0 Å². The van der Waals surface area contributed by atoms with Crippen LogP contribution < -0.4 is 5.32 Å². The van der Waals surface area contributed by atoms with Gasteiger partial charge in [-0.15, -0.1) is 0 Å². The summed E-state index contributed by atoms with van der Waals surface area (Å²) in [5.74, 6) is -3.59. The molecule has 0 aromatic carbocycles. The van der Waals surface area contributed by atoms with Gasteiger partial charge in [0, 0.05) is 31.9 Å². The monoisotopic (exact) mass is 261 g/mol. The second kappa shape index (κ2) is 5.95. The Morgan fingerprint density at radius 2 is 2.00 bits per heavy atom. The molecule has 2 aliphatic rings. The highest BCUT2D eigenvalue weighted by Gasteiger charge is 2.57. The lowest BCUT2D eigenvalue weighted by Gasteiger charge is -2.11. The van der Waals surface area contributed by atoms with Gasteiger partial charge in [-0.3, -0.25) is 4.79 Å². The Morgan fingerprint density at radius 1 is 1.33 bits per heavy atom. The molecule has 104 valence electrons. The molecule has 0 spiro atoms. The van der Waals surface area contributed by atoms with Crippen LogP contribution in [0.4, 0.5) is 8.78 Å². The Bertz CT molecular complexity index is 291. The van der Waals surface area contributed by atoms with Crippen LogP contribution >= 0.6 is 0 Å². The van der Waals surface area contributed by atoms with Crippen LogP contribution in [0.25, 0.3) is 0 Å². The number of ether oxygens (including phenoxy) is 1. The quantitative estimate of drug-likeness (QED) is 0.715. The SMILES string of the molecule is O=C(C[C@H]1CC1(F)F)NCCCOC1CCCC1. The molecule has 2 aliphatic carbocycles. The van der Waals surface area contributed by atoms with Gasteiger partial charge in [0.15, 0.2) is 0 Å². The fourth-order valence-electron chi connectivity index (χ4n) is 2.39. The number of carbonyl (C=O) groups is 1. The number of amides is 1. The maximum absolute atomic E-state index is 12.6. The lowest BCUT2D eigenvalue weighted by molar-refractivity contribution is -0.122. The highest BCUT2D eigenvalue weighted by atomic mass is 19.3. The minimum absolute atomic E-state index is 0.0452. The molecule has 0 bridgehead atoms. The van der Waals surface area contributed by atoms with Gasteiger partial charge in [-0.25, -0.2) is 8.78 Å². The summed E-state index contributed by atoms with van der Waals surface area (Å²) < 4.78 is 30.8. The molecule has 0 unspecified atom stereocenters. The predicted octanol–water partition coefficient (Wildman–Crippen LogP) is 2.50. The fourth-order valence-corrected chi connectivity index (χ4v) is 2.39. The summed E-state index contributed by atoms with van der Waals surface area (Å²) in [7, 11) is 0. The zero-order valence-corrected chi connectivity index (χ0v) is 10.6. The van der Waals surface area contributed by atoms with E-state index in [0.29, 0.717) is 19.3 Å². The van der Waals surface area contributed by atoms with Gasteiger partial charge in [0.25, 0.3) is 5.92 Å². The summed E-state index contributed by atoms with van der Waals surface area (Å²) in [5, 5.41) is 2.66.